The van der Waals surface area contributed by atoms with Gasteiger partial charge in [0.25, 0.3) is 0 Å². The van der Waals surface area contributed by atoms with Crippen LogP contribution in [0.25, 0.3) is 0 Å². The second-order valence-corrected chi connectivity index (χ2v) is 9.42. The van der Waals surface area contributed by atoms with E-state index in [9.17, 15) is 0 Å². The first-order valence-electron chi connectivity index (χ1n) is 11.5. The predicted molar refractivity (Wildman–Crippen MR) is 136 cm³/mol. The van der Waals surface area contributed by atoms with Gasteiger partial charge in [-0.05, 0) is 58.3 Å². The third kappa shape index (κ3) is 5.98. The molecular weight excluding hydrogens is 444 g/mol. The SMILES string of the molecule is CC(C)c1cccc(C(C)C)c1N1C=CN(c2c(C(C)C)cccc2C(C)C)[CH-]1.CO.[Cu+]. The van der Waals surface area contributed by atoms with Gasteiger partial charge < -0.3 is 14.9 Å². The van der Waals surface area contributed by atoms with Gasteiger partial charge in [0, 0.05) is 18.5 Å². The average Bonchev–Trinajstić information content (AvgIpc) is 3.23. The molecule has 0 unspecified atom stereocenters. The first-order chi connectivity index (χ1) is 14.7. The predicted octanol–water partition coefficient (Wildman–Crippen LogP) is 7.70. The smallest absolute Gasteiger partial charge is 0.479 e. The third-order valence-corrected chi connectivity index (χ3v) is 5.84. The standard InChI is InChI=1S/C27H37N2.CH4O.Cu/c1-18(2)22-11-9-12-23(19(3)4)26(22)28-15-16-29(17-28)27-24(20(5)6)13-10-14-25(27)21(7)8;1-2;/h9-21H,1-8H3;2H,1H3;/q-1;;+1. The van der Waals surface area contributed by atoms with Crippen LogP contribution in [0.4, 0.5) is 11.4 Å². The summed E-state index contributed by atoms with van der Waals surface area (Å²) < 4.78 is 0. The van der Waals surface area contributed by atoms with Crippen molar-refractivity contribution >= 4 is 11.4 Å². The summed E-state index contributed by atoms with van der Waals surface area (Å²) in [6.45, 7) is 20.5. The van der Waals surface area contributed by atoms with Crippen LogP contribution in [-0.4, -0.2) is 12.2 Å². The van der Waals surface area contributed by atoms with Crippen LogP contribution in [0.2, 0.25) is 0 Å². The molecule has 1 heterocycles. The Morgan fingerprint density at radius 3 is 1.03 bits per heavy atom. The van der Waals surface area contributed by atoms with Crippen molar-refractivity contribution in [2.45, 2.75) is 79.1 Å². The third-order valence-electron chi connectivity index (χ3n) is 5.84. The molecule has 0 fully saturated rings. The minimum atomic E-state index is 0. The van der Waals surface area contributed by atoms with Gasteiger partial charge in [0.1, 0.15) is 0 Å². The van der Waals surface area contributed by atoms with E-state index in [-0.39, 0.29) is 17.1 Å². The van der Waals surface area contributed by atoms with Crippen LogP contribution in [0.5, 0.6) is 0 Å². The molecular formula is C28H41CuN2O. The molecule has 2 aromatic rings. The summed E-state index contributed by atoms with van der Waals surface area (Å²) in [5.74, 6) is 1.92. The molecule has 1 N–H and O–H groups in total. The Kier molecular flexibility index (Phi) is 11.0. The molecule has 2 aromatic carbocycles. The maximum atomic E-state index is 7.00. The molecule has 3 rings (SSSR count). The summed E-state index contributed by atoms with van der Waals surface area (Å²) in [4.78, 5) is 4.65. The van der Waals surface area contributed by atoms with Crippen LogP contribution < -0.4 is 9.80 Å². The Morgan fingerprint density at radius 1 is 0.562 bits per heavy atom. The number of nitrogens with zero attached hydrogens (tertiary/aromatic N) is 2. The molecule has 0 saturated carbocycles. The monoisotopic (exact) mass is 484 g/mol. The van der Waals surface area contributed by atoms with Crippen LogP contribution in [0.3, 0.4) is 0 Å². The fourth-order valence-electron chi connectivity index (χ4n) is 4.24. The Hall–Kier alpha value is -1.74. The van der Waals surface area contributed by atoms with E-state index in [4.69, 9.17) is 5.11 Å². The van der Waals surface area contributed by atoms with Crippen molar-refractivity contribution in [3.63, 3.8) is 0 Å². The number of aliphatic hydroxyl groups excluding tert-OH is 1. The van der Waals surface area contributed by atoms with Gasteiger partial charge in [-0.3, -0.25) is 0 Å². The topological polar surface area (TPSA) is 26.7 Å². The Bertz CT molecular complexity index is 763. The quantitative estimate of drug-likeness (QED) is 0.336. The van der Waals surface area contributed by atoms with E-state index in [1.165, 1.54) is 33.6 Å². The molecule has 0 amide bonds. The van der Waals surface area contributed by atoms with Gasteiger partial charge in [-0.25, -0.2) is 0 Å². The molecule has 0 saturated heterocycles. The summed E-state index contributed by atoms with van der Waals surface area (Å²) >= 11 is 0. The first kappa shape index (κ1) is 28.3. The molecule has 0 atom stereocenters. The summed E-state index contributed by atoms with van der Waals surface area (Å²) in [5.41, 5.74) is 8.29. The van der Waals surface area contributed by atoms with E-state index < -0.39 is 0 Å². The van der Waals surface area contributed by atoms with Crippen LogP contribution >= 0.6 is 0 Å². The van der Waals surface area contributed by atoms with Crippen molar-refractivity contribution in [1.29, 1.82) is 0 Å². The largest absolute Gasteiger partial charge is 1.00 e. The van der Waals surface area contributed by atoms with Crippen LogP contribution in [0.15, 0.2) is 48.8 Å². The average molecular weight is 485 g/mol. The van der Waals surface area contributed by atoms with Gasteiger partial charge in [-0.1, -0.05) is 91.8 Å². The molecule has 0 radical (unpaired) electrons. The van der Waals surface area contributed by atoms with Crippen LogP contribution in [-0.2, 0) is 17.1 Å². The van der Waals surface area contributed by atoms with Gasteiger partial charge in [0.05, 0.1) is 0 Å². The van der Waals surface area contributed by atoms with E-state index in [0.717, 1.165) is 7.11 Å². The summed E-state index contributed by atoms with van der Waals surface area (Å²) in [6, 6.07) is 13.5. The van der Waals surface area contributed by atoms with Gasteiger partial charge in [0.2, 0.25) is 0 Å². The number of benzene rings is 2. The molecule has 1 aliphatic rings. The fraction of sp³-hybridized carbons (Fsp3) is 0.464. The number of hydrogen-bond acceptors (Lipinski definition) is 3. The zero-order valence-electron chi connectivity index (χ0n) is 21.1. The van der Waals surface area contributed by atoms with Crippen molar-refractivity contribution in [2.24, 2.45) is 0 Å². The van der Waals surface area contributed by atoms with E-state index >= 15 is 0 Å². The summed E-state index contributed by atoms with van der Waals surface area (Å²) in [7, 11) is 1.00. The van der Waals surface area contributed by atoms with E-state index in [1.807, 2.05) is 0 Å². The van der Waals surface area contributed by atoms with Crippen molar-refractivity contribution in [3.8, 4) is 0 Å². The van der Waals surface area contributed by atoms with Gasteiger partial charge in [-0.15, -0.1) is 6.67 Å². The van der Waals surface area contributed by atoms with Crippen LogP contribution in [0.1, 0.15) is 101 Å². The molecule has 4 heteroatoms. The number of hydrogen-bond donors (Lipinski definition) is 1. The second-order valence-electron chi connectivity index (χ2n) is 9.42. The van der Waals surface area contributed by atoms with Crippen molar-refractivity contribution in [3.05, 3.63) is 77.7 Å². The van der Waals surface area contributed by atoms with E-state index in [1.54, 1.807) is 0 Å². The Morgan fingerprint density at radius 2 is 0.812 bits per heavy atom. The Balaban J connectivity index is 0.00000166. The van der Waals surface area contributed by atoms with Crippen molar-refractivity contribution < 1.29 is 22.2 Å². The molecule has 0 aromatic heterocycles. The molecule has 180 valence electrons. The van der Waals surface area contributed by atoms with E-state index in [0.29, 0.717) is 23.7 Å². The maximum Gasteiger partial charge on any atom is 1.00 e. The molecule has 0 aliphatic carbocycles. The van der Waals surface area contributed by atoms with Crippen LogP contribution in [0, 0.1) is 6.67 Å². The van der Waals surface area contributed by atoms with E-state index in [2.05, 4.69) is 121 Å². The van der Waals surface area contributed by atoms with Gasteiger partial charge in [0.15, 0.2) is 0 Å². The number of anilines is 2. The normalized spacial score (nSPS) is 13.2. The van der Waals surface area contributed by atoms with Crippen molar-refractivity contribution in [2.75, 3.05) is 16.9 Å². The molecule has 0 spiro atoms. The molecule has 0 bridgehead atoms. The minimum Gasteiger partial charge on any atom is -0.479 e. The first-order valence-corrected chi connectivity index (χ1v) is 11.5. The maximum absolute atomic E-state index is 7.00. The fourth-order valence-corrected chi connectivity index (χ4v) is 4.24. The Labute approximate surface area is 207 Å². The number of aliphatic hydroxyl groups is 1. The molecule has 3 nitrogen and oxygen atoms in total. The zero-order valence-corrected chi connectivity index (χ0v) is 22.1. The number of para-hydroxylation sites is 2. The summed E-state index contributed by atoms with van der Waals surface area (Å²) in [6.07, 6.45) is 4.43. The molecule has 1 aliphatic heterocycles. The van der Waals surface area contributed by atoms with Crippen molar-refractivity contribution in [1.82, 2.24) is 0 Å². The van der Waals surface area contributed by atoms with Gasteiger partial charge >= 0.3 is 17.1 Å². The minimum absolute atomic E-state index is 0. The second kappa shape index (κ2) is 12.5. The van der Waals surface area contributed by atoms with Gasteiger partial charge in [-0.2, -0.15) is 0 Å². The summed E-state index contributed by atoms with van der Waals surface area (Å²) in [5, 5.41) is 7.00. The molecule has 32 heavy (non-hydrogen) atoms. The zero-order chi connectivity index (χ0) is 23.3. The number of rotatable bonds is 6.